The highest BCUT2D eigenvalue weighted by Crippen LogP contribution is 2.35. The van der Waals surface area contributed by atoms with E-state index < -0.39 is 12.0 Å². The summed E-state index contributed by atoms with van der Waals surface area (Å²) in [5, 5.41) is 14.1. The molecule has 0 saturated carbocycles. The number of nitrogens with one attached hydrogen (secondary N) is 2. The minimum atomic E-state index is -0.685. The van der Waals surface area contributed by atoms with Crippen molar-refractivity contribution in [3.8, 4) is 6.07 Å². The predicted octanol–water partition coefficient (Wildman–Crippen LogP) is 3.13. The number of carbonyl (C=O) groups excluding carboxylic acids is 2. The summed E-state index contributed by atoms with van der Waals surface area (Å²) in [6, 6.07) is 1.39. The first-order valence-electron chi connectivity index (χ1n) is 12.3. The maximum absolute atomic E-state index is 12.9. The van der Waals surface area contributed by atoms with E-state index >= 15 is 0 Å². The Balaban J connectivity index is 1.53. The molecule has 4 rings (SSSR count). The van der Waals surface area contributed by atoms with Crippen LogP contribution in [0.5, 0.6) is 0 Å². The number of nitrogens with zero attached hydrogens (tertiary/aromatic N) is 4. The summed E-state index contributed by atoms with van der Waals surface area (Å²) < 4.78 is 17.3. The molecule has 14 heteroatoms. The maximum atomic E-state index is 12.9. The van der Waals surface area contributed by atoms with E-state index in [0.29, 0.717) is 72.2 Å². The van der Waals surface area contributed by atoms with Gasteiger partial charge >= 0.3 is 5.97 Å². The topological polar surface area (TPSA) is 133 Å². The lowest BCUT2D eigenvalue weighted by molar-refractivity contribution is 0.0256. The number of esters is 1. The number of piperidine rings is 1. The molecule has 206 valence electrons. The average molecular weight is 677 g/mol. The minimum absolute atomic E-state index is 0.223. The summed E-state index contributed by atoms with van der Waals surface area (Å²) in [6.45, 7) is 7.04. The van der Waals surface area contributed by atoms with E-state index in [2.05, 4.69) is 39.0 Å². The first kappa shape index (κ1) is 29.0. The molecule has 0 radical (unpaired) electrons. The third-order valence-corrected chi connectivity index (χ3v) is 9.78. The number of rotatable bonds is 8. The van der Waals surface area contributed by atoms with Gasteiger partial charge in [0.2, 0.25) is 0 Å². The summed E-state index contributed by atoms with van der Waals surface area (Å²) in [6.07, 6.45) is 0.263. The number of methoxy groups -OCH3 is 1. The summed E-state index contributed by atoms with van der Waals surface area (Å²) in [7, 11) is 1.60. The summed E-state index contributed by atoms with van der Waals surface area (Å²) in [5.41, 5.74) is 1.58. The number of aromatic amines is 1. The quantitative estimate of drug-likeness (QED) is 0.320. The van der Waals surface area contributed by atoms with E-state index in [1.54, 1.807) is 14.0 Å². The zero-order chi connectivity index (χ0) is 27.4. The molecule has 0 aliphatic carbocycles. The Hall–Kier alpha value is -1.96. The summed E-state index contributed by atoms with van der Waals surface area (Å²) in [4.78, 5) is 37.9. The van der Waals surface area contributed by atoms with Gasteiger partial charge in [-0.05, 0) is 42.9 Å². The molecule has 2 N–H and O–H groups in total. The Bertz CT molecular complexity index is 1210. The largest absolute Gasteiger partial charge is 0.462 e. The molecule has 0 spiro atoms. The molecule has 3 atom stereocenters. The van der Waals surface area contributed by atoms with Gasteiger partial charge in [0.1, 0.15) is 22.3 Å². The smallest absolute Gasteiger partial charge is 0.350 e. The van der Waals surface area contributed by atoms with Crippen molar-refractivity contribution in [2.75, 3.05) is 58.0 Å². The number of hydrogen-bond acceptors (Lipinski definition) is 10. The van der Waals surface area contributed by atoms with Gasteiger partial charge in [-0.15, -0.1) is 0 Å². The van der Waals surface area contributed by atoms with Gasteiger partial charge in [-0.25, -0.2) is 9.78 Å². The lowest BCUT2D eigenvalue weighted by Crippen LogP contribution is -2.55. The van der Waals surface area contributed by atoms with E-state index in [9.17, 15) is 14.9 Å². The number of amides is 1. The zero-order valence-corrected chi connectivity index (χ0v) is 25.1. The van der Waals surface area contributed by atoms with E-state index in [0.717, 1.165) is 9.26 Å². The normalized spacial score (nSPS) is 21.1. The molecule has 0 aromatic carbocycles. The average Bonchev–Trinajstić information content (AvgIpc) is 3.47. The van der Waals surface area contributed by atoms with Crippen LogP contribution < -0.4 is 10.2 Å². The molecule has 3 unspecified atom stereocenters. The number of thiazole rings is 1. The molecule has 2 aromatic heterocycles. The van der Waals surface area contributed by atoms with Crippen LogP contribution >= 0.6 is 45.5 Å². The molecular formula is C24H30ClIN6O5S. The van der Waals surface area contributed by atoms with Crippen LogP contribution in [-0.4, -0.2) is 92.0 Å². The number of hydrogen-bond donors (Lipinski definition) is 2. The fourth-order valence-electron chi connectivity index (χ4n) is 4.60. The van der Waals surface area contributed by atoms with E-state index in [1.807, 2.05) is 16.7 Å². The van der Waals surface area contributed by atoms with Gasteiger partial charge in [-0.2, -0.15) is 5.26 Å². The Morgan fingerprint density at radius 1 is 1.39 bits per heavy atom. The number of ether oxygens (including phenoxy) is 3. The number of carbonyl (C=O) groups is 2. The number of aromatic nitrogens is 2. The van der Waals surface area contributed by atoms with Crippen LogP contribution in [0.2, 0.25) is 5.02 Å². The predicted molar refractivity (Wildman–Crippen MR) is 151 cm³/mol. The number of nitriles is 1. The van der Waals surface area contributed by atoms with Crippen molar-refractivity contribution in [3.63, 3.8) is 0 Å². The molecular weight excluding hydrogens is 647 g/mol. The van der Waals surface area contributed by atoms with Crippen molar-refractivity contribution >= 4 is 62.5 Å². The van der Waals surface area contributed by atoms with Gasteiger partial charge in [-0.1, -0.05) is 22.9 Å². The molecule has 2 saturated heterocycles. The Labute approximate surface area is 243 Å². The molecule has 38 heavy (non-hydrogen) atoms. The second-order valence-corrected chi connectivity index (χ2v) is 11.4. The van der Waals surface area contributed by atoms with Crippen molar-refractivity contribution < 1.29 is 23.8 Å². The van der Waals surface area contributed by atoms with Gasteiger partial charge in [0.15, 0.2) is 5.13 Å². The molecule has 2 aromatic rings. The van der Waals surface area contributed by atoms with Crippen molar-refractivity contribution in [1.29, 1.82) is 5.26 Å². The van der Waals surface area contributed by atoms with Crippen LogP contribution in [0.15, 0.2) is 0 Å². The van der Waals surface area contributed by atoms with Crippen LogP contribution in [0.4, 0.5) is 5.13 Å². The van der Waals surface area contributed by atoms with Crippen molar-refractivity contribution in [3.05, 3.63) is 30.6 Å². The Kier molecular flexibility index (Phi) is 9.88. The first-order valence-corrected chi connectivity index (χ1v) is 14.6. The van der Waals surface area contributed by atoms with Crippen molar-refractivity contribution in [1.82, 2.24) is 20.2 Å². The Morgan fingerprint density at radius 3 is 2.74 bits per heavy atom. The van der Waals surface area contributed by atoms with Gasteiger partial charge in [0, 0.05) is 39.0 Å². The van der Waals surface area contributed by atoms with Gasteiger partial charge in [0.25, 0.3) is 5.91 Å². The standard InChI is InChI=1S/C24H30ClIN6O5S/c1-4-37-23(34)21-19(15(11-27)31-7-9-36-10-8-31)30-24(38-21)32-6-5-14(16(12-32)35-3)29-22(33)20-17(25)18(26)13(2)28-20/h14-16,28H,4-10,12H2,1-3H3,(H,29,33). The number of morpholine rings is 1. The fraction of sp³-hybridized carbons (Fsp3) is 0.583. The molecule has 4 heterocycles. The van der Waals surface area contributed by atoms with Crippen LogP contribution in [0.3, 0.4) is 0 Å². The number of H-pyrrole nitrogens is 1. The Morgan fingerprint density at radius 2 is 2.13 bits per heavy atom. The second-order valence-electron chi connectivity index (χ2n) is 8.95. The van der Waals surface area contributed by atoms with Crippen molar-refractivity contribution in [2.45, 2.75) is 38.5 Å². The number of aryl methyl sites for hydroxylation is 1. The molecule has 2 aliphatic heterocycles. The highest BCUT2D eigenvalue weighted by atomic mass is 127. The monoisotopic (exact) mass is 676 g/mol. The van der Waals surface area contributed by atoms with E-state index in [4.69, 9.17) is 30.8 Å². The molecule has 11 nitrogen and oxygen atoms in total. The van der Waals surface area contributed by atoms with Crippen LogP contribution in [0.25, 0.3) is 0 Å². The molecule has 2 fully saturated rings. The summed E-state index contributed by atoms with van der Waals surface area (Å²) >= 11 is 9.67. The first-order chi connectivity index (χ1) is 18.3. The molecule has 2 aliphatic rings. The molecule has 1 amide bonds. The molecule has 0 bridgehead atoms. The fourth-order valence-corrected chi connectivity index (χ4v) is 6.30. The second kappa shape index (κ2) is 12.9. The zero-order valence-electron chi connectivity index (χ0n) is 21.4. The number of halogens is 2. The third-order valence-electron chi connectivity index (χ3n) is 6.62. The van der Waals surface area contributed by atoms with Crippen molar-refractivity contribution in [2.24, 2.45) is 0 Å². The lowest BCUT2D eigenvalue weighted by Gasteiger charge is -2.38. The third kappa shape index (κ3) is 6.10. The SMILES string of the molecule is CCOC(=O)c1sc(N2CCC(NC(=O)c3[nH]c(C)c(I)c3Cl)C(OC)C2)nc1C(C#N)N1CCOCC1. The maximum Gasteiger partial charge on any atom is 0.350 e. The van der Waals surface area contributed by atoms with Gasteiger partial charge in [0.05, 0.1) is 46.6 Å². The van der Waals surface area contributed by atoms with Gasteiger partial charge in [-0.3, -0.25) is 9.69 Å². The van der Waals surface area contributed by atoms with Crippen LogP contribution in [0, 0.1) is 21.8 Å². The van der Waals surface area contributed by atoms with E-state index in [-0.39, 0.29) is 24.7 Å². The lowest BCUT2D eigenvalue weighted by atomic mass is 10.0. The highest BCUT2D eigenvalue weighted by molar-refractivity contribution is 14.1. The summed E-state index contributed by atoms with van der Waals surface area (Å²) in [5.74, 6) is -0.775. The van der Waals surface area contributed by atoms with Gasteiger partial charge < -0.3 is 29.4 Å². The van der Waals surface area contributed by atoms with Crippen LogP contribution in [-0.2, 0) is 14.2 Å². The van der Waals surface area contributed by atoms with E-state index in [1.165, 1.54) is 11.3 Å². The highest BCUT2D eigenvalue weighted by Gasteiger charge is 2.36. The number of anilines is 1. The minimum Gasteiger partial charge on any atom is -0.462 e. The van der Waals surface area contributed by atoms with Crippen LogP contribution in [0.1, 0.15) is 50.9 Å².